The van der Waals surface area contributed by atoms with Crippen molar-refractivity contribution in [2.45, 2.75) is 37.6 Å². The molecule has 0 aromatic heterocycles. The molecule has 0 aliphatic heterocycles. The van der Waals surface area contributed by atoms with Crippen molar-refractivity contribution in [2.75, 3.05) is 6.54 Å². The SMILES string of the molecule is CC(C)(CNC(=O)C1(N)CC1)c1cc(Br)ccc1F. The second-order valence-corrected chi connectivity index (χ2v) is 6.76. The molecular weight excluding hydrogens is 311 g/mol. The predicted molar refractivity (Wildman–Crippen MR) is 76.3 cm³/mol. The molecule has 5 heteroatoms. The third-order valence-electron chi connectivity index (χ3n) is 3.59. The van der Waals surface area contributed by atoms with Crippen molar-refractivity contribution >= 4 is 21.8 Å². The van der Waals surface area contributed by atoms with Gasteiger partial charge in [-0.2, -0.15) is 0 Å². The fourth-order valence-electron chi connectivity index (χ4n) is 1.95. The van der Waals surface area contributed by atoms with Gasteiger partial charge in [-0.3, -0.25) is 4.79 Å². The van der Waals surface area contributed by atoms with Gasteiger partial charge in [0.05, 0.1) is 5.54 Å². The summed E-state index contributed by atoms with van der Waals surface area (Å²) in [5.74, 6) is -0.410. The molecule has 1 amide bonds. The first kappa shape index (κ1) is 14.5. The quantitative estimate of drug-likeness (QED) is 0.892. The maximum Gasteiger partial charge on any atom is 0.240 e. The van der Waals surface area contributed by atoms with Crippen LogP contribution < -0.4 is 11.1 Å². The highest BCUT2D eigenvalue weighted by Gasteiger charge is 2.46. The Labute approximate surface area is 120 Å². The van der Waals surface area contributed by atoms with Gasteiger partial charge in [0, 0.05) is 16.4 Å². The summed E-state index contributed by atoms with van der Waals surface area (Å²) in [5.41, 5.74) is 5.21. The van der Waals surface area contributed by atoms with Gasteiger partial charge in [-0.15, -0.1) is 0 Å². The third-order valence-corrected chi connectivity index (χ3v) is 4.08. The monoisotopic (exact) mass is 328 g/mol. The van der Waals surface area contributed by atoms with Gasteiger partial charge in [0.25, 0.3) is 0 Å². The number of carbonyl (C=O) groups is 1. The lowest BCUT2D eigenvalue weighted by Gasteiger charge is -2.27. The summed E-state index contributed by atoms with van der Waals surface area (Å²) in [6.45, 7) is 4.15. The molecule has 1 aromatic carbocycles. The van der Waals surface area contributed by atoms with Crippen LogP contribution in [0.3, 0.4) is 0 Å². The van der Waals surface area contributed by atoms with E-state index in [9.17, 15) is 9.18 Å². The molecule has 1 aliphatic rings. The van der Waals surface area contributed by atoms with Crippen molar-refractivity contribution in [3.63, 3.8) is 0 Å². The Kier molecular flexibility index (Phi) is 3.71. The third kappa shape index (κ3) is 3.15. The van der Waals surface area contributed by atoms with E-state index in [0.717, 1.165) is 17.3 Å². The predicted octanol–water partition coefficient (Wildman–Crippen LogP) is 2.47. The first-order chi connectivity index (χ1) is 8.74. The lowest BCUT2D eigenvalue weighted by molar-refractivity contribution is -0.123. The van der Waals surface area contributed by atoms with Crippen molar-refractivity contribution in [3.05, 3.63) is 34.1 Å². The summed E-state index contributed by atoms with van der Waals surface area (Å²) in [5, 5.41) is 2.82. The Hall–Kier alpha value is -0.940. The van der Waals surface area contributed by atoms with Gasteiger partial charge in [0.2, 0.25) is 5.91 Å². The van der Waals surface area contributed by atoms with Crippen LogP contribution >= 0.6 is 15.9 Å². The number of benzene rings is 1. The van der Waals surface area contributed by atoms with Gasteiger partial charge in [-0.1, -0.05) is 29.8 Å². The van der Waals surface area contributed by atoms with Crippen LogP contribution in [0.25, 0.3) is 0 Å². The van der Waals surface area contributed by atoms with Gasteiger partial charge < -0.3 is 11.1 Å². The zero-order valence-electron chi connectivity index (χ0n) is 11.1. The Morgan fingerprint density at radius 1 is 1.53 bits per heavy atom. The Morgan fingerprint density at radius 3 is 2.74 bits per heavy atom. The molecule has 1 fully saturated rings. The lowest BCUT2D eigenvalue weighted by Crippen LogP contribution is -2.47. The summed E-state index contributed by atoms with van der Waals surface area (Å²) < 4.78 is 14.7. The Morgan fingerprint density at radius 2 is 2.16 bits per heavy atom. The standard InChI is InChI=1S/C14H18BrFN2O/c1-13(2,8-18-12(19)14(17)5-6-14)10-7-9(15)3-4-11(10)16/h3-4,7H,5-6,8,17H2,1-2H3,(H,18,19). The van der Waals surface area contributed by atoms with E-state index in [1.807, 2.05) is 13.8 Å². The first-order valence-corrected chi connectivity index (χ1v) is 7.07. The summed E-state index contributed by atoms with van der Waals surface area (Å²) in [6.07, 6.45) is 1.45. The number of halogens is 2. The van der Waals surface area contributed by atoms with Crippen LogP contribution in [0.4, 0.5) is 4.39 Å². The first-order valence-electron chi connectivity index (χ1n) is 6.27. The molecule has 0 atom stereocenters. The number of nitrogens with one attached hydrogen (secondary N) is 1. The van der Waals surface area contributed by atoms with Crippen LogP contribution in [0, 0.1) is 5.82 Å². The minimum absolute atomic E-state index is 0.143. The average Bonchev–Trinajstić information content (AvgIpc) is 3.09. The topological polar surface area (TPSA) is 55.1 Å². The van der Waals surface area contributed by atoms with Crippen molar-refractivity contribution in [3.8, 4) is 0 Å². The van der Waals surface area contributed by atoms with Crippen LogP contribution in [-0.4, -0.2) is 18.0 Å². The number of hydrogen-bond acceptors (Lipinski definition) is 2. The molecule has 0 unspecified atom stereocenters. The minimum atomic E-state index is -0.689. The molecule has 0 saturated heterocycles. The zero-order chi connectivity index (χ0) is 14.3. The molecule has 3 N–H and O–H groups in total. The van der Waals surface area contributed by atoms with E-state index in [1.165, 1.54) is 6.07 Å². The van der Waals surface area contributed by atoms with Crippen LogP contribution in [0.2, 0.25) is 0 Å². The summed E-state index contributed by atoms with van der Waals surface area (Å²) in [7, 11) is 0. The molecule has 19 heavy (non-hydrogen) atoms. The van der Waals surface area contributed by atoms with E-state index in [2.05, 4.69) is 21.2 Å². The molecule has 0 heterocycles. The average molecular weight is 329 g/mol. The molecule has 0 spiro atoms. The molecule has 1 saturated carbocycles. The Bertz CT molecular complexity index is 512. The van der Waals surface area contributed by atoms with E-state index in [4.69, 9.17) is 5.73 Å². The largest absolute Gasteiger partial charge is 0.354 e. The van der Waals surface area contributed by atoms with Gasteiger partial charge in [0.1, 0.15) is 5.82 Å². The van der Waals surface area contributed by atoms with Crippen LogP contribution in [-0.2, 0) is 10.2 Å². The molecule has 2 rings (SSSR count). The fourth-order valence-corrected chi connectivity index (χ4v) is 2.31. The van der Waals surface area contributed by atoms with E-state index in [-0.39, 0.29) is 11.7 Å². The normalized spacial score (nSPS) is 17.1. The number of hydrogen-bond donors (Lipinski definition) is 2. The van der Waals surface area contributed by atoms with Crippen molar-refractivity contribution in [1.29, 1.82) is 0 Å². The highest BCUT2D eigenvalue weighted by atomic mass is 79.9. The molecule has 104 valence electrons. The maximum absolute atomic E-state index is 13.9. The summed E-state index contributed by atoms with van der Waals surface area (Å²) in [6, 6.07) is 4.83. The molecule has 1 aliphatic carbocycles. The molecule has 1 aromatic rings. The van der Waals surface area contributed by atoms with E-state index in [0.29, 0.717) is 12.1 Å². The van der Waals surface area contributed by atoms with Crippen molar-refractivity contribution in [2.24, 2.45) is 5.73 Å². The van der Waals surface area contributed by atoms with Crippen LogP contribution in [0.1, 0.15) is 32.3 Å². The fraction of sp³-hybridized carbons (Fsp3) is 0.500. The highest BCUT2D eigenvalue weighted by Crippen LogP contribution is 2.33. The zero-order valence-corrected chi connectivity index (χ0v) is 12.7. The van der Waals surface area contributed by atoms with E-state index in [1.54, 1.807) is 12.1 Å². The van der Waals surface area contributed by atoms with Crippen LogP contribution in [0.5, 0.6) is 0 Å². The van der Waals surface area contributed by atoms with Gasteiger partial charge in [-0.25, -0.2) is 4.39 Å². The molecule has 3 nitrogen and oxygen atoms in total. The summed E-state index contributed by atoms with van der Waals surface area (Å²) in [4.78, 5) is 11.8. The molecule has 0 bridgehead atoms. The number of nitrogens with two attached hydrogens (primary N) is 1. The van der Waals surface area contributed by atoms with Crippen LogP contribution in [0.15, 0.2) is 22.7 Å². The van der Waals surface area contributed by atoms with Crippen molar-refractivity contribution in [1.82, 2.24) is 5.32 Å². The van der Waals surface area contributed by atoms with Crippen molar-refractivity contribution < 1.29 is 9.18 Å². The number of rotatable bonds is 4. The second kappa shape index (κ2) is 4.87. The van der Waals surface area contributed by atoms with Gasteiger partial charge >= 0.3 is 0 Å². The lowest BCUT2D eigenvalue weighted by atomic mass is 9.84. The van der Waals surface area contributed by atoms with Gasteiger partial charge in [0.15, 0.2) is 0 Å². The van der Waals surface area contributed by atoms with E-state index < -0.39 is 11.0 Å². The summed E-state index contributed by atoms with van der Waals surface area (Å²) >= 11 is 3.34. The Balaban J connectivity index is 2.09. The maximum atomic E-state index is 13.9. The number of carbonyl (C=O) groups excluding carboxylic acids is 1. The smallest absolute Gasteiger partial charge is 0.240 e. The molecular formula is C14H18BrFN2O. The van der Waals surface area contributed by atoms with E-state index >= 15 is 0 Å². The second-order valence-electron chi connectivity index (χ2n) is 5.85. The van der Waals surface area contributed by atoms with Gasteiger partial charge in [-0.05, 0) is 36.6 Å². The minimum Gasteiger partial charge on any atom is -0.354 e. The highest BCUT2D eigenvalue weighted by molar-refractivity contribution is 9.10. The molecule has 0 radical (unpaired) electrons. The number of amides is 1.